The molecule has 3 aromatic rings. The van der Waals surface area contributed by atoms with Crippen LogP contribution in [0.25, 0.3) is 12.2 Å². The molecule has 0 aliphatic carbocycles. The third-order valence-electron chi connectivity index (χ3n) is 3.73. The summed E-state index contributed by atoms with van der Waals surface area (Å²) in [6.45, 7) is 0. The average Bonchev–Trinajstić information content (AvgIpc) is 3.39. The fourth-order valence-electron chi connectivity index (χ4n) is 2.45. The number of rotatable bonds is 0. The second kappa shape index (κ2) is 8.04. The Morgan fingerprint density at radius 2 is 0.963 bits per heavy atom. The summed E-state index contributed by atoms with van der Waals surface area (Å²) in [5.41, 5.74) is 1.57. The van der Waals surface area contributed by atoms with E-state index < -0.39 is 19.7 Å². The molecule has 2 aliphatic rings. The van der Waals surface area contributed by atoms with E-state index in [4.69, 9.17) is 0 Å². The van der Waals surface area contributed by atoms with Gasteiger partial charge in [-0.15, -0.1) is 0 Å². The molecule has 0 saturated carbocycles. The van der Waals surface area contributed by atoms with E-state index in [0.717, 1.165) is 11.1 Å². The minimum Gasteiger partial charge on any atom is -0.219 e. The molecule has 0 saturated heterocycles. The second-order valence-corrected chi connectivity index (χ2v) is 9.98. The van der Waals surface area contributed by atoms with Gasteiger partial charge in [0.1, 0.15) is 0 Å². The number of hydrogen-bond donors (Lipinski definition) is 0. The predicted octanol–water partition coefficient (Wildman–Crippen LogP) is 4.64. The molecule has 0 radical (unpaired) electrons. The molecule has 0 bridgehead atoms. The van der Waals surface area contributed by atoms with Crippen molar-refractivity contribution in [2.75, 3.05) is 0 Å². The maximum atomic E-state index is 11.2. The first-order valence-corrected chi connectivity index (χ1v) is 12.0. The zero-order valence-electron chi connectivity index (χ0n) is 14.1. The molecular weight excluding hydrogens is 400 g/mol. The standard InChI is InChI=1S/2C8H6O2S.C4H4S/c2*9-11(10)6-5-7-3-1-2-4-8(7)11;1-2-4-5-3-1/h2*1-6H;1-4H. The van der Waals surface area contributed by atoms with Gasteiger partial charge in [-0.3, -0.25) is 0 Å². The van der Waals surface area contributed by atoms with E-state index in [9.17, 15) is 16.8 Å². The van der Waals surface area contributed by atoms with E-state index in [-0.39, 0.29) is 0 Å². The smallest absolute Gasteiger partial charge is 0.200 e. The summed E-state index contributed by atoms with van der Waals surface area (Å²) in [7, 11) is -6.17. The van der Waals surface area contributed by atoms with Crippen molar-refractivity contribution in [3.05, 3.63) is 93.4 Å². The lowest BCUT2D eigenvalue weighted by Crippen LogP contribution is -1.91. The van der Waals surface area contributed by atoms with Crippen LogP contribution >= 0.6 is 11.3 Å². The molecule has 2 aromatic carbocycles. The maximum absolute atomic E-state index is 11.2. The number of thiophene rings is 1. The first-order valence-electron chi connectivity index (χ1n) is 7.92. The molecule has 0 fully saturated rings. The van der Waals surface area contributed by atoms with E-state index in [2.05, 4.69) is 0 Å². The molecule has 1 aromatic heterocycles. The summed E-state index contributed by atoms with van der Waals surface area (Å²) in [4.78, 5) is 0.833. The lowest BCUT2D eigenvalue weighted by molar-refractivity contribution is 0.604. The largest absolute Gasteiger partial charge is 0.219 e. The first kappa shape index (κ1) is 19.3. The SMILES string of the molecule is O=S1(=O)C=Cc2ccccc21.O=S1(=O)C=Cc2ccccc21.c1ccsc1. The Labute approximate surface area is 163 Å². The van der Waals surface area contributed by atoms with Crippen LogP contribution in [0.2, 0.25) is 0 Å². The number of sulfone groups is 2. The van der Waals surface area contributed by atoms with Crippen LogP contribution in [0, 0.1) is 0 Å². The van der Waals surface area contributed by atoms with Gasteiger partial charge in [-0.1, -0.05) is 48.5 Å². The van der Waals surface area contributed by atoms with Crippen molar-refractivity contribution in [1.29, 1.82) is 0 Å². The summed E-state index contributed by atoms with van der Waals surface area (Å²) in [6.07, 6.45) is 3.23. The quantitative estimate of drug-likeness (QED) is 0.535. The summed E-state index contributed by atoms with van der Waals surface area (Å²) < 4.78 is 44.7. The normalized spacial score (nSPS) is 16.3. The van der Waals surface area contributed by atoms with E-state index in [1.165, 1.54) is 10.8 Å². The van der Waals surface area contributed by atoms with Gasteiger partial charge < -0.3 is 0 Å². The molecular formula is C20H16O4S3. The molecule has 27 heavy (non-hydrogen) atoms. The van der Waals surface area contributed by atoms with Crippen molar-refractivity contribution in [3.8, 4) is 0 Å². The van der Waals surface area contributed by atoms with Gasteiger partial charge in [-0.05, 0) is 46.2 Å². The van der Waals surface area contributed by atoms with Gasteiger partial charge in [0.15, 0.2) is 19.7 Å². The summed E-state index contributed by atoms with van der Waals surface area (Å²) in [5, 5.41) is 6.55. The van der Waals surface area contributed by atoms with Gasteiger partial charge in [0.2, 0.25) is 0 Å². The van der Waals surface area contributed by atoms with Crippen LogP contribution in [0.3, 0.4) is 0 Å². The highest BCUT2D eigenvalue weighted by atomic mass is 32.2. The zero-order chi connectivity index (χ0) is 19.3. The summed E-state index contributed by atoms with van der Waals surface area (Å²) in [6, 6.07) is 17.9. The third-order valence-corrected chi connectivity index (χ3v) is 7.32. The lowest BCUT2D eigenvalue weighted by atomic mass is 10.2. The minimum atomic E-state index is -3.09. The monoisotopic (exact) mass is 416 g/mol. The van der Waals surface area contributed by atoms with Crippen LogP contribution < -0.4 is 0 Å². The van der Waals surface area contributed by atoms with Crippen molar-refractivity contribution in [2.45, 2.75) is 9.79 Å². The molecule has 0 N–H and O–H groups in total. The van der Waals surface area contributed by atoms with Gasteiger partial charge in [-0.2, -0.15) is 11.3 Å². The van der Waals surface area contributed by atoms with Gasteiger partial charge in [0.25, 0.3) is 0 Å². The number of benzene rings is 2. The topological polar surface area (TPSA) is 68.3 Å². The Hall–Kier alpha value is -2.48. The van der Waals surface area contributed by atoms with Gasteiger partial charge in [-0.25, -0.2) is 16.8 Å². The van der Waals surface area contributed by atoms with Crippen molar-refractivity contribution in [2.24, 2.45) is 0 Å². The Bertz CT molecular complexity index is 1090. The maximum Gasteiger partial charge on any atom is 0.200 e. The third kappa shape index (κ3) is 4.63. The average molecular weight is 417 g/mol. The van der Waals surface area contributed by atoms with Crippen molar-refractivity contribution >= 4 is 43.2 Å². The minimum absolute atomic E-state index is 0.417. The van der Waals surface area contributed by atoms with Crippen LogP contribution in [0.15, 0.2) is 92.0 Å². The first-order chi connectivity index (χ1) is 12.9. The van der Waals surface area contributed by atoms with E-state index in [1.54, 1.807) is 59.9 Å². The highest BCUT2D eigenvalue weighted by molar-refractivity contribution is 7.95. The van der Waals surface area contributed by atoms with Crippen LogP contribution in [0.4, 0.5) is 0 Å². The number of hydrogen-bond acceptors (Lipinski definition) is 5. The lowest BCUT2D eigenvalue weighted by Gasteiger charge is -1.94. The molecule has 0 atom stereocenters. The van der Waals surface area contributed by atoms with Gasteiger partial charge in [0.05, 0.1) is 9.79 Å². The van der Waals surface area contributed by atoms with Crippen LogP contribution in [0.1, 0.15) is 11.1 Å². The molecule has 5 rings (SSSR count). The number of fused-ring (bicyclic) bond motifs is 2. The molecule has 3 heterocycles. The van der Waals surface area contributed by atoms with E-state index >= 15 is 0 Å². The molecule has 2 aliphatic heterocycles. The van der Waals surface area contributed by atoms with Gasteiger partial charge >= 0.3 is 0 Å². The van der Waals surface area contributed by atoms with Crippen molar-refractivity contribution < 1.29 is 16.8 Å². The molecule has 4 nitrogen and oxygen atoms in total. The second-order valence-electron chi connectivity index (χ2n) is 5.56. The molecule has 7 heteroatoms. The van der Waals surface area contributed by atoms with Crippen molar-refractivity contribution in [1.82, 2.24) is 0 Å². The fourth-order valence-corrected chi connectivity index (χ4v) is 5.32. The Balaban J connectivity index is 0.000000125. The van der Waals surface area contributed by atoms with Crippen LogP contribution in [-0.2, 0) is 19.7 Å². The molecule has 0 spiro atoms. The highest BCUT2D eigenvalue weighted by Crippen LogP contribution is 2.26. The molecule has 138 valence electrons. The van der Waals surface area contributed by atoms with Crippen LogP contribution in [0.5, 0.6) is 0 Å². The Kier molecular flexibility index (Phi) is 5.74. The highest BCUT2D eigenvalue weighted by Gasteiger charge is 2.19. The molecule has 0 amide bonds. The fraction of sp³-hybridized carbons (Fsp3) is 0. The van der Waals surface area contributed by atoms with Crippen LogP contribution in [-0.4, -0.2) is 16.8 Å². The predicted molar refractivity (Wildman–Crippen MR) is 110 cm³/mol. The van der Waals surface area contributed by atoms with E-state index in [1.807, 2.05) is 35.0 Å². The molecule has 0 unspecified atom stereocenters. The van der Waals surface area contributed by atoms with Crippen molar-refractivity contribution in [3.63, 3.8) is 0 Å². The zero-order valence-corrected chi connectivity index (χ0v) is 16.5. The summed E-state index contributed by atoms with van der Waals surface area (Å²) in [5.74, 6) is 0. The summed E-state index contributed by atoms with van der Waals surface area (Å²) >= 11 is 1.71. The van der Waals surface area contributed by atoms with Gasteiger partial charge in [0, 0.05) is 10.8 Å². The Morgan fingerprint density at radius 3 is 1.30 bits per heavy atom. The Morgan fingerprint density at radius 1 is 0.556 bits per heavy atom. The van der Waals surface area contributed by atoms with E-state index in [0.29, 0.717) is 9.79 Å².